The molecule has 25 heavy (non-hydrogen) atoms. The molecule has 134 valence electrons. The number of carboxylic acid groups (broad SMARTS) is 1. The largest absolute Gasteiger partial charge is 0.477 e. The molecule has 2 N–H and O–H groups in total. The number of amides is 1. The van der Waals surface area contributed by atoms with E-state index in [0.717, 1.165) is 37.1 Å². The Balaban J connectivity index is 1.58. The van der Waals surface area contributed by atoms with Crippen LogP contribution in [0.25, 0.3) is 0 Å². The first-order valence-corrected chi connectivity index (χ1v) is 9.07. The van der Waals surface area contributed by atoms with Crippen molar-refractivity contribution in [3.05, 3.63) is 28.0 Å². The van der Waals surface area contributed by atoms with Gasteiger partial charge in [-0.15, -0.1) is 11.3 Å². The molecule has 1 unspecified atom stereocenters. The lowest BCUT2D eigenvalue weighted by atomic mass is 10.0. The molecule has 1 atom stereocenters. The molecule has 1 amide bonds. The van der Waals surface area contributed by atoms with Crippen LogP contribution in [-0.4, -0.2) is 45.1 Å². The highest BCUT2D eigenvalue weighted by molar-refractivity contribution is 7.12. The molecule has 0 aromatic carbocycles. The fraction of sp³-hybridized carbons (Fsp3) is 0.500. The average Bonchev–Trinajstić information content (AvgIpc) is 3.22. The van der Waals surface area contributed by atoms with Gasteiger partial charge in [0.15, 0.2) is 5.82 Å². The smallest absolute Gasteiger partial charge is 0.348 e. The highest BCUT2D eigenvalue weighted by Crippen LogP contribution is 2.30. The van der Waals surface area contributed by atoms with E-state index in [-0.39, 0.29) is 23.2 Å². The van der Waals surface area contributed by atoms with Crippen LogP contribution in [0.1, 0.15) is 53.1 Å². The van der Waals surface area contributed by atoms with Crippen molar-refractivity contribution < 1.29 is 19.2 Å². The lowest BCUT2D eigenvalue weighted by molar-refractivity contribution is -0.116. The Morgan fingerprint density at radius 3 is 3.04 bits per heavy atom. The maximum Gasteiger partial charge on any atom is 0.348 e. The zero-order valence-corrected chi connectivity index (χ0v) is 14.7. The molecule has 1 aliphatic rings. The van der Waals surface area contributed by atoms with Gasteiger partial charge in [0.05, 0.1) is 11.7 Å². The number of nitrogens with one attached hydrogen (secondary N) is 1. The van der Waals surface area contributed by atoms with Gasteiger partial charge in [-0.05, 0) is 37.8 Å². The van der Waals surface area contributed by atoms with Crippen LogP contribution in [-0.2, 0) is 4.79 Å². The normalized spacial score (nSPS) is 18.2. The lowest BCUT2D eigenvalue weighted by Crippen LogP contribution is -2.36. The van der Waals surface area contributed by atoms with Crippen LogP contribution in [0.5, 0.6) is 0 Å². The van der Waals surface area contributed by atoms with Crippen LogP contribution in [0, 0.1) is 6.92 Å². The highest BCUT2D eigenvalue weighted by Gasteiger charge is 2.28. The second-order valence-electron chi connectivity index (χ2n) is 5.99. The molecule has 3 heterocycles. The first-order chi connectivity index (χ1) is 12.0. The average molecular weight is 364 g/mol. The summed E-state index contributed by atoms with van der Waals surface area (Å²) in [5.41, 5.74) is 0.352. The first-order valence-electron chi connectivity index (χ1n) is 8.19. The van der Waals surface area contributed by atoms with Gasteiger partial charge in [0.25, 0.3) is 0 Å². The van der Waals surface area contributed by atoms with Crippen molar-refractivity contribution in [2.45, 2.75) is 38.6 Å². The molecule has 2 aromatic heterocycles. The van der Waals surface area contributed by atoms with E-state index in [9.17, 15) is 9.59 Å². The summed E-state index contributed by atoms with van der Waals surface area (Å²) in [6, 6.07) is 1.65. The number of aromatic nitrogens is 2. The van der Waals surface area contributed by atoms with E-state index in [4.69, 9.17) is 9.63 Å². The van der Waals surface area contributed by atoms with Gasteiger partial charge >= 0.3 is 5.97 Å². The van der Waals surface area contributed by atoms with Crippen LogP contribution >= 0.6 is 11.3 Å². The number of piperidine rings is 1. The highest BCUT2D eigenvalue weighted by atomic mass is 32.1. The molecule has 0 bridgehead atoms. The molecule has 9 heteroatoms. The van der Waals surface area contributed by atoms with Gasteiger partial charge < -0.3 is 14.9 Å². The number of rotatable bonds is 6. The van der Waals surface area contributed by atoms with Gasteiger partial charge in [-0.2, -0.15) is 4.98 Å². The van der Waals surface area contributed by atoms with Crippen LogP contribution < -0.4 is 5.32 Å². The number of hydrogen-bond acceptors (Lipinski definition) is 7. The van der Waals surface area contributed by atoms with Crippen molar-refractivity contribution in [1.29, 1.82) is 0 Å². The van der Waals surface area contributed by atoms with E-state index in [1.54, 1.807) is 18.4 Å². The predicted octanol–water partition coefficient (Wildman–Crippen LogP) is 2.69. The number of nitrogens with zero attached hydrogens (tertiary/aromatic N) is 3. The molecule has 0 radical (unpaired) electrons. The molecule has 2 aromatic rings. The molecule has 1 fully saturated rings. The van der Waals surface area contributed by atoms with Crippen LogP contribution in [0.3, 0.4) is 0 Å². The Morgan fingerprint density at radius 1 is 1.48 bits per heavy atom. The van der Waals surface area contributed by atoms with Crippen molar-refractivity contribution in [2.75, 3.05) is 18.4 Å². The van der Waals surface area contributed by atoms with Gasteiger partial charge in [-0.25, -0.2) is 4.79 Å². The Kier molecular flexibility index (Phi) is 5.44. The van der Waals surface area contributed by atoms with E-state index in [1.165, 1.54) is 0 Å². The third-order valence-electron chi connectivity index (χ3n) is 4.20. The summed E-state index contributed by atoms with van der Waals surface area (Å²) < 4.78 is 5.30. The third kappa shape index (κ3) is 4.23. The SMILES string of the molecule is Cc1noc(C2CCCCN2CCC(=O)Nc2ccsc2C(=O)O)n1. The molecule has 3 rings (SSSR count). The number of carboxylic acids is 1. The molecular formula is C16H20N4O4S. The second kappa shape index (κ2) is 7.75. The van der Waals surface area contributed by atoms with E-state index in [0.29, 0.717) is 23.9 Å². The summed E-state index contributed by atoms with van der Waals surface area (Å²) in [5.74, 6) is -0.0272. The Hall–Kier alpha value is -2.26. The number of aryl methyl sites for hydroxylation is 1. The summed E-state index contributed by atoms with van der Waals surface area (Å²) in [6.07, 6.45) is 3.36. The minimum atomic E-state index is -1.03. The summed E-state index contributed by atoms with van der Waals surface area (Å²) in [4.78, 5) is 29.9. The number of anilines is 1. The topological polar surface area (TPSA) is 109 Å². The fourth-order valence-electron chi connectivity index (χ4n) is 3.02. The predicted molar refractivity (Wildman–Crippen MR) is 91.7 cm³/mol. The van der Waals surface area contributed by atoms with Crippen LogP contribution in [0.2, 0.25) is 0 Å². The van der Waals surface area contributed by atoms with Crippen molar-refractivity contribution in [3.63, 3.8) is 0 Å². The minimum absolute atomic E-state index is 0.0403. The monoisotopic (exact) mass is 364 g/mol. The Morgan fingerprint density at radius 2 is 2.32 bits per heavy atom. The van der Waals surface area contributed by atoms with E-state index in [2.05, 4.69) is 20.4 Å². The quantitative estimate of drug-likeness (QED) is 0.811. The number of hydrogen-bond donors (Lipinski definition) is 2. The number of aromatic carboxylic acids is 1. The summed E-state index contributed by atoms with van der Waals surface area (Å²) in [5, 5.41) is 17.3. The van der Waals surface area contributed by atoms with Gasteiger partial charge in [0.1, 0.15) is 4.88 Å². The third-order valence-corrected chi connectivity index (χ3v) is 5.10. The van der Waals surface area contributed by atoms with Gasteiger partial charge in [0.2, 0.25) is 11.8 Å². The van der Waals surface area contributed by atoms with Gasteiger partial charge in [-0.1, -0.05) is 11.6 Å². The number of likely N-dealkylation sites (tertiary alicyclic amines) is 1. The van der Waals surface area contributed by atoms with Crippen LogP contribution in [0.4, 0.5) is 5.69 Å². The molecule has 1 aliphatic heterocycles. The maximum absolute atomic E-state index is 12.2. The van der Waals surface area contributed by atoms with Crippen LogP contribution in [0.15, 0.2) is 16.0 Å². The molecule has 0 saturated carbocycles. The maximum atomic E-state index is 12.2. The van der Waals surface area contributed by atoms with E-state index >= 15 is 0 Å². The molecule has 0 aliphatic carbocycles. The van der Waals surface area contributed by atoms with Crippen molar-refractivity contribution in [2.24, 2.45) is 0 Å². The summed E-state index contributed by atoms with van der Waals surface area (Å²) >= 11 is 1.09. The molecule has 1 saturated heterocycles. The van der Waals surface area contributed by atoms with Gasteiger partial charge in [0, 0.05) is 13.0 Å². The number of carbonyl (C=O) groups is 2. The number of carbonyl (C=O) groups excluding carboxylic acids is 1. The van der Waals surface area contributed by atoms with E-state index < -0.39 is 5.97 Å². The standard InChI is InChI=1S/C16H20N4O4S/c1-10-17-15(24-19-10)12-4-2-3-7-20(12)8-5-13(21)18-11-6-9-25-14(11)16(22)23/h6,9,12H,2-5,7-8H2,1H3,(H,18,21)(H,22,23). The van der Waals surface area contributed by atoms with E-state index in [1.807, 2.05) is 0 Å². The van der Waals surface area contributed by atoms with Crippen molar-refractivity contribution in [3.8, 4) is 0 Å². The first kappa shape index (κ1) is 17.6. The molecule has 0 spiro atoms. The van der Waals surface area contributed by atoms with Crippen molar-refractivity contribution >= 4 is 28.9 Å². The lowest BCUT2D eigenvalue weighted by Gasteiger charge is -2.33. The molecule has 8 nitrogen and oxygen atoms in total. The fourth-order valence-corrected chi connectivity index (χ4v) is 3.70. The van der Waals surface area contributed by atoms with Crippen molar-refractivity contribution in [1.82, 2.24) is 15.0 Å². The summed E-state index contributed by atoms with van der Waals surface area (Å²) in [7, 11) is 0. The minimum Gasteiger partial charge on any atom is -0.477 e. The zero-order valence-electron chi connectivity index (χ0n) is 13.9. The Labute approximate surface area is 148 Å². The number of thiophene rings is 1. The summed E-state index contributed by atoms with van der Waals surface area (Å²) in [6.45, 7) is 3.22. The Bertz CT molecular complexity index is 757. The molecular weight excluding hydrogens is 344 g/mol. The second-order valence-corrected chi connectivity index (χ2v) is 6.91. The zero-order chi connectivity index (χ0) is 17.8. The van der Waals surface area contributed by atoms with Gasteiger partial charge in [-0.3, -0.25) is 9.69 Å².